The van der Waals surface area contributed by atoms with Gasteiger partial charge in [0, 0.05) is 10.7 Å². The fraction of sp³-hybridized carbons (Fsp3) is 0.143. The van der Waals surface area contributed by atoms with E-state index < -0.39 is 5.91 Å². The van der Waals surface area contributed by atoms with E-state index >= 15 is 0 Å². The summed E-state index contributed by atoms with van der Waals surface area (Å²) in [6.45, 7) is 5.71. The van der Waals surface area contributed by atoms with Crippen molar-refractivity contribution in [2.75, 3.05) is 4.90 Å². The van der Waals surface area contributed by atoms with Crippen molar-refractivity contribution in [1.29, 1.82) is 5.26 Å². The quantitative estimate of drug-likeness (QED) is 0.787. The Morgan fingerprint density at radius 1 is 1.30 bits per heavy atom. The lowest BCUT2D eigenvalue weighted by Gasteiger charge is -2.21. The number of anilines is 1. The molecule has 20 heavy (non-hydrogen) atoms. The molecule has 6 heteroatoms. The van der Waals surface area contributed by atoms with Crippen LogP contribution >= 0.6 is 34.8 Å². The largest absolute Gasteiger partial charge is 0.274 e. The molecule has 0 spiro atoms. The highest BCUT2D eigenvalue weighted by atomic mass is 35.5. The molecule has 102 valence electrons. The van der Waals surface area contributed by atoms with E-state index in [0.29, 0.717) is 28.4 Å². The van der Waals surface area contributed by atoms with Crippen LogP contribution in [0.25, 0.3) is 0 Å². The molecule has 0 bridgehead atoms. The number of carbonyl (C=O) groups excluding carboxylic acids is 1. The van der Waals surface area contributed by atoms with Gasteiger partial charge in [-0.05, 0) is 24.1 Å². The highest BCUT2D eigenvalue weighted by molar-refractivity contribution is 6.43. The van der Waals surface area contributed by atoms with Gasteiger partial charge >= 0.3 is 0 Å². The predicted molar refractivity (Wildman–Crippen MR) is 81.0 cm³/mol. The second kappa shape index (κ2) is 5.49. The molecule has 0 aliphatic carbocycles. The third kappa shape index (κ3) is 2.20. The molecular weight excluding hydrogens is 319 g/mol. The lowest BCUT2D eigenvalue weighted by atomic mass is 10.1. The van der Waals surface area contributed by atoms with Crippen LogP contribution in [0, 0.1) is 11.3 Å². The van der Waals surface area contributed by atoms with Crippen molar-refractivity contribution in [3.63, 3.8) is 0 Å². The van der Waals surface area contributed by atoms with E-state index in [9.17, 15) is 4.79 Å². The van der Waals surface area contributed by atoms with Crippen molar-refractivity contribution in [2.45, 2.75) is 13.3 Å². The molecular formula is C14H9Cl3N2O. The minimum absolute atomic E-state index is 0.0691. The Morgan fingerprint density at radius 3 is 2.25 bits per heavy atom. The van der Waals surface area contributed by atoms with Crippen LogP contribution in [0.4, 0.5) is 5.69 Å². The molecule has 0 N–H and O–H groups in total. The molecule has 0 radical (unpaired) electrons. The minimum atomic E-state index is -0.472. The van der Waals surface area contributed by atoms with E-state index in [1.807, 2.05) is 13.0 Å². The SMILES string of the molecule is C=C1C(CC)=C(C#N)C(=O)N1c1c(Cl)cc(Cl)cc1Cl. The lowest BCUT2D eigenvalue weighted by molar-refractivity contribution is -0.113. The highest BCUT2D eigenvalue weighted by Crippen LogP contribution is 2.43. The van der Waals surface area contributed by atoms with Crippen molar-refractivity contribution in [3.8, 4) is 6.07 Å². The number of rotatable bonds is 2. The molecule has 1 aliphatic rings. The van der Waals surface area contributed by atoms with Crippen LogP contribution in [-0.4, -0.2) is 5.91 Å². The van der Waals surface area contributed by atoms with Gasteiger partial charge in [-0.15, -0.1) is 0 Å². The summed E-state index contributed by atoms with van der Waals surface area (Å²) >= 11 is 18.1. The Bertz CT molecular complexity index is 678. The number of allylic oxidation sites excluding steroid dienone is 1. The van der Waals surface area contributed by atoms with Gasteiger partial charge in [0.25, 0.3) is 5.91 Å². The van der Waals surface area contributed by atoms with Gasteiger partial charge in [0.15, 0.2) is 0 Å². The monoisotopic (exact) mass is 326 g/mol. The first-order valence-corrected chi connectivity index (χ1v) is 6.87. The van der Waals surface area contributed by atoms with Gasteiger partial charge in [-0.3, -0.25) is 9.69 Å². The molecule has 0 saturated heterocycles. The van der Waals surface area contributed by atoms with Gasteiger partial charge in [0.05, 0.1) is 15.7 Å². The molecule has 1 aliphatic heterocycles. The Kier molecular flexibility index (Phi) is 4.10. The number of nitrogens with zero attached hydrogens (tertiary/aromatic N) is 2. The zero-order valence-electron chi connectivity index (χ0n) is 10.5. The predicted octanol–water partition coefficient (Wildman–Crippen LogP) is 4.74. The van der Waals surface area contributed by atoms with Crippen LogP contribution in [0.15, 0.2) is 35.6 Å². The highest BCUT2D eigenvalue weighted by Gasteiger charge is 2.36. The van der Waals surface area contributed by atoms with Crippen LogP contribution in [0.5, 0.6) is 0 Å². The standard InChI is InChI=1S/C14H9Cl3N2O/c1-3-9-7(2)19(14(20)10(9)6-18)13-11(16)4-8(15)5-12(13)17/h4-5H,2-3H2,1H3. The maximum atomic E-state index is 12.3. The van der Waals surface area contributed by atoms with E-state index in [0.717, 1.165) is 0 Å². The zero-order chi connectivity index (χ0) is 15.0. The maximum Gasteiger partial charge on any atom is 0.273 e. The third-order valence-corrected chi connectivity index (χ3v) is 3.80. The van der Waals surface area contributed by atoms with E-state index in [4.69, 9.17) is 40.1 Å². The summed E-state index contributed by atoms with van der Waals surface area (Å²) in [5.74, 6) is -0.472. The number of carbonyl (C=O) groups is 1. The smallest absolute Gasteiger partial charge is 0.273 e. The van der Waals surface area contributed by atoms with Crippen molar-refractivity contribution in [3.05, 3.63) is 50.6 Å². The number of hydrogen-bond acceptors (Lipinski definition) is 2. The van der Waals surface area contributed by atoms with Gasteiger partial charge < -0.3 is 0 Å². The van der Waals surface area contributed by atoms with E-state index in [1.54, 1.807) is 0 Å². The molecule has 0 aromatic heterocycles. The van der Waals surface area contributed by atoms with Crippen LogP contribution in [-0.2, 0) is 4.79 Å². The van der Waals surface area contributed by atoms with Gasteiger partial charge in [0.2, 0.25) is 0 Å². The average Bonchev–Trinajstić information content (AvgIpc) is 2.60. The van der Waals surface area contributed by atoms with Gasteiger partial charge in [-0.2, -0.15) is 5.26 Å². The summed E-state index contributed by atoms with van der Waals surface area (Å²) in [5, 5.41) is 9.94. The summed E-state index contributed by atoms with van der Waals surface area (Å²) in [5.41, 5.74) is 1.38. The normalized spacial score (nSPS) is 15.1. The van der Waals surface area contributed by atoms with Gasteiger partial charge in [-0.25, -0.2) is 0 Å². The first-order chi connectivity index (χ1) is 9.42. The van der Waals surface area contributed by atoms with Crippen LogP contribution in [0.1, 0.15) is 13.3 Å². The van der Waals surface area contributed by atoms with Gasteiger partial charge in [-0.1, -0.05) is 48.3 Å². The minimum Gasteiger partial charge on any atom is -0.274 e. The molecule has 1 heterocycles. The Labute approximate surface area is 131 Å². The first-order valence-electron chi connectivity index (χ1n) is 5.73. The number of amides is 1. The molecule has 3 nitrogen and oxygen atoms in total. The fourth-order valence-corrected chi connectivity index (χ4v) is 3.11. The molecule has 0 atom stereocenters. The summed E-state index contributed by atoms with van der Waals surface area (Å²) < 4.78 is 0. The van der Waals surface area contributed by atoms with Crippen LogP contribution in [0.2, 0.25) is 15.1 Å². The Morgan fingerprint density at radius 2 is 1.85 bits per heavy atom. The topological polar surface area (TPSA) is 44.1 Å². The third-order valence-electron chi connectivity index (χ3n) is 3.01. The fourth-order valence-electron chi connectivity index (χ4n) is 2.12. The molecule has 1 amide bonds. The molecule has 0 fully saturated rings. The van der Waals surface area contributed by atoms with E-state index in [1.165, 1.54) is 17.0 Å². The van der Waals surface area contributed by atoms with Crippen molar-refractivity contribution < 1.29 is 4.79 Å². The van der Waals surface area contributed by atoms with Crippen molar-refractivity contribution >= 4 is 46.4 Å². The lowest BCUT2D eigenvalue weighted by Crippen LogP contribution is -2.25. The molecule has 1 aromatic rings. The van der Waals surface area contributed by atoms with Crippen LogP contribution < -0.4 is 4.90 Å². The number of nitriles is 1. The summed E-state index contributed by atoms with van der Waals surface area (Å²) in [6, 6.07) is 4.88. The second-order valence-corrected chi connectivity index (χ2v) is 5.38. The Hall–Kier alpha value is -1.47. The molecule has 2 rings (SSSR count). The van der Waals surface area contributed by atoms with Gasteiger partial charge in [0.1, 0.15) is 11.6 Å². The summed E-state index contributed by atoms with van der Waals surface area (Å²) in [7, 11) is 0. The number of hydrogen-bond donors (Lipinski definition) is 0. The van der Waals surface area contributed by atoms with Crippen molar-refractivity contribution in [1.82, 2.24) is 0 Å². The van der Waals surface area contributed by atoms with Crippen molar-refractivity contribution in [2.24, 2.45) is 0 Å². The maximum absolute atomic E-state index is 12.3. The molecule has 0 unspecified atom stereocenters. The molecule has 1 aromatic carbocycles. The summed E-state index contributed by atoms with van der Waals surface area (Å²) in [6.07, 6.45) is 0.521. The first kappa shape index (κ1) is 14.9. The zero-order valence-corrected chi connectivity index (χ0v) is 12.8. The summed E-state index contributed by atoms with van der Waals surface area (Å²) in [4.78, 5) is 13.6. The van der Waals surface area contributed by atoms with Crippen LogP contribution in [0.3, 0.4) is 0 Å². The molecule has 0 saturated carbocycles. The average molecular weight is 328 g/mol. The van der Waals surface area contributed by atoms with E-state index in [-0.39, 0.29) is 15.6 Å². The van der Waals surface area contributed by atoms with E-state index in [2.05, 4.69) is 6.58 Å². The number of halogens is 3. The number of benzene rings is 1. The Balaban J connectivity index is 2.61. The second-order valence-electron chi connectivity index (χ2n) is 4.12.